The molecular formula is C14H17NO4S. The van der Waals surface area contributed by atoms with Gasteiger partial charge in [-0.05, 0) is 26.0 Å². The number of Topliss-reactive ketones (excluding diaryl/α,β-unsaturated/α-hetero) is 1. The van der Waals surface area contributed by atoms with Crippen molar-refractivity contribution in [3.8, 4) is 0 Å². The summed E-state index contributed by atoms with van der Waals surface area (Å²) in [6.45, 7) is 6.09. The molecule has 0 aliphatic rings. The summed E-state index contributed by atoms with van der Waals surface area (Å²) < 4.78 is 23.5. The lowest BCUT2D eigenvalue weighted by molar-refractivity contribution is -0.115. The van der Waals surface area contributed by atoms with Crippen LogP contribution in [0.4, 0.5) is 5.69 Å². The molecule has 1 aromatic rings. The molecule has 1 amide bonds. The Hall–Kier alpha value is -1.95. The number of hydrogen-bond donors (Lipinski definition) is 1. The van der Waals surface area contributed by atoms with Crippen LogP contribution in [-0.2, 0) is 14.6 Å². The molecular weight excluding hydrogens is 278 g/mol. The third kappa shape index (κ3) is 4.03. The second kappa shape index (κ2) is 6.47. The molecule has 1 aromatic carbocycles. The smallest absolute Gasteiger partial charge is 0.242 e. The molecule has 0 saturated carbocycles. The Morgan fingerprint density at radius 1 is 1.40 bits per heavy atom. The van der Waals surface area contributed by atoms with Gasteiger partial charge < -0.3 is 5.32 Å². The van der Waals surface area contributed by atoms with Crippen LogP contribution in [0.25, 0.3) is 0 Å². The van der Waals surface area contributed by atoms with Crippen molar-refractivity contribution < 1.29 is 18.0 Å². The second-order valence-electron chi connectivity index (χ2n) is 4.39. The van der Waals surface area contributed by atoms with E-state index in [1.807, 2.05) is 0 Å². The number of anilines is 1. The van der Waals surface area contributed by atoms with Crippen LogP contribution in [0.2, 0.25) is 0 Å². The van der Waals surface area contributed by atoms with Gasteiger partial charge in [0, 0.05) is 11.3 Å². The minimum absolute atomic E-state index is 0.131. The standard InChI is InChI=1S/C14H17NO4S/c1-4-8-20(18,19)11(3)14(17)15-13-7-5-6-12(9-13)10(2)16/h4-7,9,11H,1,8H2,2-3H3,(H,15,17). The lowest BCUT2D eigenvalue weighted by Crippen LogP contribution is -2.33. The van der Waals surface area contributed by atoms with Crippen LogP contribution >= 0.6 is 0 Å². The van der Waals surface area contributed by atoms with Crippen molar-refractivity contribution in [2.75, 3.05) is 11.1 Å². The molecule has 1 rings (SSSR count). The number of carbonyl (C=O) groups excluding carboxylic acids is 2. The van der Waals surface area contributed by atoms with Crippen molar-refractivity contribution in [1.82, 2.24) is 0 Å². The first kappa shape index (κ1) is 16.1. The van der Waals surface area contributed by atoms with Crippen LogP contribution in [0.1, 0.15) is 24.2 Å². The molecule has 5 nitrogen and oxygen atoms in total. The Bertz CT molecular complexity index is 634. The quantitative estimate of drug-likeness (QED) is 0.641. The molecule has 0 aliphatic heterocycles. The largest absolute Gasteiger partial charge is 0.325 e. The van der Waals surface area contributed by atoms with E-state index in [0.29, 0.717) is 11.3 Å². The zero-order valence-corrected chi connectivity index (χ0v) is 12.2. The summed E-state index contributed by atoms with van der Waals surface area (Å²) in [6, 6.07) is 6.34. The topological polar surface area (TPSA) is 80.3 Å². The summed E-state index contributed by atoms with van der Waals surface area (Å²) in [5.74, 6) is -1.02. The average molecular weight is 295 g/mol. The SMILES string of the molecule is C=CCS(=O)(=O)C(C)C(=O)Nc1cccc(C(C)=O)c1. The maximum Gasteiger partial charge on any atom is 0.242 e. The molecule has 0 spiro atoms. The van der Waals surface area contributed by atoms with E-state index in [-0.39, 0.29) is 11.5 Å². The van der Waals surface area contributed by atoms with Crippen LogP contribution in [0.3, 0.4) is 0 Å². The molecule has 0 fully saturated rings. The lowest BCUT2D eigenvalue weighted by atomic mass is 10.1. The Morgan fingerprint density at radius 2 is 2.05 bits per heavy atom. The highest BCUT2D eigenvalue weighted by Crippen LogP contribution is 2.13. The fourth-order valence-electron chi connectivity index (χ4n) is 1.53. The molecule has 0 heterocycles. The molecule has 20 heavy (non-hydrogen) atoms. The molecule has 0 aromatic heterocycles. The van der Waals surface area contributed by atoms with Gasteiger partial charge >= 0.3 is 0 Å². The number of ketones is 1. The van der Waals surface area contributed by atoms with Crippen molar-refractivity contribution in [2.45, 2.75) is 19.1 Å². The monoisotopic (exact) mass is 295 g/mol. The summed E-state index contributed by atoms with van der Waals surface area (Å²) in [5.41, 5.74) is 0.841. The number of benzene rings is 1. The van der Waals surface area contributed by atoms with Gasteiger partial charge in [0.05, 0.1) is 5.75 Å². The van der Waals surface area contributed by atoms with Gasteiger partial charge in [0.2, 0.25) is 5.91 Å². The van der Waals surface area contributed by atoms with Gasteiger partial charge in [-0.1, -0.05) is 18.2 Å². The number of sulfone groups is 1. The van der Waals surface area contributed by atoms with Gasteiger partial charge in [-0.3, -0.25) is 9.59 Å². The first-order chi connectivity index (χ1) is 9.27. The number of rotatable bonds is 6. The van der Waals surface area contributed by atoms with Crippen LogP contribution in [0, 0.1) is 0 Å². The average Bonchev–Trinajstić information content (AvgIpc) is 2.38. The normalized spacial score (nSPS) is 12.5. The molecule has 0 radical (unpaired) electrons. The Labute approximate surface area is 118 Å². The first-order valence-electron chi connectivity index (χ1n) is 6.02. The number of hydrogen-bond acceptors (Lipinski definition) is 4. The summed E-state index contributed by atoms with van der Waals surface area (Å²) in [7, 11) is -3.55. The fourth-order valence-corrected chi connectivity index (χ4v) is 2.53. The van der Waals surface area contributed by atoms with Gasteiger partial charge in [0.1, 0.15) is 5.25 Å². The van der Waals surface area contributed by atoms with Gasteiger partial charge in [-0.15, -0.1) is 6.58 Å². The van der Waals surface area contributed by atoms with Gasteiger partial charge in [0.25, 0.3) is 0 Å². The Kier molecular flexibility index (Phi) is 5.21. The summed E-state index contributed by atoms with van der Waals surface area (Å²) >= 11 is 0. The fraction of sp³-hybridized carbons (Fsp3) is 0.286. The van der Waals surface area contributed by atoms with Crippen LogP contribution < -0.4 is 5.32 Å². The van der Waals surface area contributed by atoms with Crippen LogP contribution in [0.15, 0.2) is 36.9 Å². The lowest BCUT2D eigenvalue weighted by Gasteiger charge is -2.12. The molecule has 0 saturated heterocycles. The molecule has 6 heteroatoms. The minimum atomic E-state index is -3.55. The highest BCUT2D eigenvalue weighted by Gasteiger charge is 2.26. The van der Waals surface area contributed by atoms with Gasteiger partial charge in [-0.25, -0.2) is 8.42 Å². The van der Waals surface area contributed by atoms with E-state index in [1.54, 1.807) is 18.2 Å². The molecule has 1 unspecified atom stereocenters. The predicted octanol–water partition coefficient (Wildman–Crippen LogP) is 1.82. The number of carbonyl (C=O) groups is 2. The summed E-state index contributed by atoms with van der Waals surface area (Å²) in [5, 5.41) is 1.32. The van der Waals surface area contributed by atoms with Gasteiger partial charge in [-0.2, -0.15) is 0 Å². The molecule has 108 valence electrons. The third-order valence-electron chi connectivity index (χ3n) is 2.79. The highest BCUT2D eigenvalue weighted by molar-refractivity contribution is 7.92. The molecule has 1 atom stereocenters. The zero-order chi connectivity index (χ0) is 15.3. The molecule has 0 aliphatic carbocycles. The second-order valence-corrected chi connectivity index (χ2v) is 6.75. The maximum absolute atomic E-state index is 11.9. The summed E-state index contributed by atoms with van der Waals surface area (Å²) in [6.07, 6.45) is 1.25. The number of nitrogens with one attached hydrogen (secondary N) is 1. The van der Waals surface area contributed by atoms with Crippen molar-refractivity contribution in [1.29, 1.82) is 0 Å². The van der Waals surface area contributed by atoms with E-state index in [0.717, 1.165) is 0 Å². The van der Waals surface area contributed by atoms with Crippen molar-refractivity contribution in [2.24, 2.45) is 0 Å². The molecule has 1 N–H and O–H groups in total. The molecule has 0 bridgehead atoms. The van der Waals surface area contributed by atoms with Crippen molar-refractivity contribution in [3.63, 3.8) is 0 Å². The van der Waals surface area contributed by atoms with Crippen LogP contribution in [0.5, 0.6) is 0 Å². The van der Waals surface area contributed by atoms with Crippen molar-refractivity contribution >= 4 is 27.2 Å². The predicted molar refractivity (Wildman–Crippen MR) is 78.5 cm³/mol. The van der Waals surface area contributed by atoms with E-state index in [1.165, 1.54) is 26.0 Å². The Balaban J connectivity index is 2.88. The maximum atomic E-state index is 11.9. The van der Waals surface area contributed by atoms with E-state index >= 15 is 0 Å². The van der Waals surface area contributed by atoms with E-state index in [4.69, 9.17) is 0 Å². The minimum Gasteiger partial charge on any atom is -0.325 e. The van der Waals surface area contributed by atoms with E-state index in [2.05, 4.69) is 11.9 Å². The van der Waals surface area contributed by atoms with E-state index in [9.17, 15) is 18.0 Å². The Morgan fingerprint density at radius 3 is 2.60 bits per heavy atom. The van der Waals surface area contributed by atoms with E-state index < -0.39 is 21.0 Å². The van der Waals surface area contributed by atoms with Crippen molar-refractivity contribution in [3.05, 3.63) is 42.5 Å². The summed E-state index contributed by atoms with van der Waals surface area (Å²) in [4.78, 5) is 23.1. The third-order valence-corrected chi connectivity index (χ3v) is 4.79. The van der Waals surface area contributed by atoms with Gasteiger partial charge in [0.15, 0.2) is 15.6 Å². The van der Waals surface area contributed by atoms with Crippen LogP contribution in [-0.4, -0.2) is 31.1 Å². The highest BCUT2D eigenvalue weighted by atomic mass is 32.2. The number of amides is 1. The first-order valence-corrected chi connectivity index (χ1v) is 7.74. The zero-order valence-electron chi connectivity index (χ0n) is 11.4.